The topological polar surface area (TPSA) is 147 Å². The molecule has 0 radical (unpaired) electrons. The van der Waals surface area contributed by atoms with E-state index in [0.717, 1.165) is 70.4 Å². The zero-order valence-electron chi connectivity index (χ0n) is 32.8. The van der Waals surface area contributed by atoms with Crippen molar-refractivity contribution in [3.8, 4) is 0 Å². The zero-order valence-corrected chi connectivity index (χ0v) is 32.8. The minimum absolute atomic E-state index is 0.0943. The van der Waals surface area contributed by atoms with E-state index >= 15 is 0 Å². The van der Waals surface area contributed by atoms with Gasteiger partial charge in [-0.1, -0.05) is 12.1 Å². The fourth-order valence-corrected chi connectivity index (χ4v) is 8.31. The maximum Gasteiger partial charge on any atom is 0.407 e. The van der Waals surface area contributed by atoms with Gasteiger partial charge in [0.1, 0.15) is 11.9 Å². The predicted octanol–water partition coefficient (Wildman–Crippen LogP) is 5.20. The number of hydrogen-bond acceptors (Lipinski definition) is 10. The van der Waals surface area contributed by atoms with Gasteiger partial charge in [0, 0.05) is 88.3 Å². The summed E-state index contributed by atoms with van der Waals surface area (Å²) in [5, 5.41) is 11.4. The van der Waals surface area contributed by atoms with Crippen molar-refractivity contribution >= 4 is 57.9 Å². The molecule has 1 unspecified atom stereocenters. The van der Waals surface area contributed by atoms with Crippen LogP contribution in [0.25, 0.3) is 4.85 Å². The average Bonchev–Trinajstić information content (AvgIpc) is 3.23. The zero-order chi connectivity index (χ0) is 41.5. The van der Waals surface area contributed by atoms with Gasteiger partial charge < -0.3 is 30.7 Å². The van der Waals surface area contributed by atoms with Gasteiger partial charge in [0.2, 0.25) is 23.6 Å². The first-order valence-electron chi connectivity index (χ1n) is 20.2. The molecule has 4 saturated heterocycles. The smallest absolute Gasteiger partial charge is 0.374 e. The number of rotatable bonds is 11. The number of hydrogen-bond donors (Lipinski definition) is 4. The molecule has 17 heteroatoms. The fourth-order valence-electron chi connectivity index (χ4n) is 8.31. The van der Waals surface area contributed by atoms with Crippen molar-refractivity contribution in [2.24, 2.45) is 11.8 Å². The van der Waals surface area contributed by atoms with Crippen LogP contribution in [-0.4, -0.2) is 110 Å². The van der Waals surface area contributed by atoms with Gasteiger partial charge in [-0.2, -0.15) is 13.2 Å². The second-order valence-corrected chi connectivity index (χ2v) is 15.7. The molecule has 0 aliphatic carbocycles. The second-order valence-electron chi connectivity index (χ2n) is 15.7. The Bertz CT molecular complexity index is 2030. The van der Waals surface area contributed by atoms with Gasteiger partial charge in [-0.3, -0.25) is 29.4 Å². The first kappa shape index (κ1) is 41.4. The molecule has 7 rings (SSSR count). The van der Waals surface area contributed by atoms with Crippen LogP contribution >= 0.6 is 0 Å². The van der Waals surface area contributed by atoms with Crippen LogP contribution in [0.2, 0.25) is 0 Å². The van der Waals surface area contributed by atoms with Crippen LogP contribution in [0.15, 0.2) is 60.8 Å². The number of nitrogens with one attached hydrogen (secondary N) is 4. The van der Waals surface area contributed by atoms with Crippen LogP contribution in [0.1, 0.15) is 44.1 Å². The molecule has 1 atom stereocenters. The second kappa shape index (κ2) is 18.5. The van der Waals surface area contributed by atoms with E-state index < -0.39 is 23.5 Å². The summed E-state index contributed by atoms with van der Waals surface area (Å²) in [6, 6.07) is 14.3. The normalized spacial score (nSPS) is 20.1. The van der Waals surface area contributed by atoms with Crippen LogP contribution < -0.4 is 31.1 Å². The van der Waals surface area contributed by atoms with E-state index in [1.54, 1.807) is 12.3 Å². The highest BCUT2D eigenvalue weighted by Crippen LogP contribution is 2.39. The quantitative estimate of drug-likeness (QED) is 0.151. The van der Waals surface area contributed by atoms with E-state index in [4.69, 9.17) is 6.57 Å². The Labute approximate surface area is 341 Å². The Morgan fingerprint density at radius 3 is 2.17 bits per heavy atom. The third kappa shape index (κ3) is 10.9. The van der Waals surface area contributed by atoms with Crippen LogP contribution in [-0.2, 0) is 25.4 Å². The number of pyridine rings is 1. The molecule has 59 heavy (non-hydrogen) atoms. The van der Waals surface area contributed by atoms with Crippen molar-refractivity contribution in [1.82, 2.24) is 20.1 Å². The highest BCUT2D eigenvalue weighted by atomic mass is 19.4. The molecule has 4 fully saturated rings. The highest BCUT2D eigenvalue weighted by Gasteiger charge is 2.35. The molecule has 5 heterocycles. The van der Waals surface area contributed by atoms with Crippen LogP contribution in [0.4, 0.5) is 47.4 Å². The Morgan fingerprint density at radius 2 is 1.49 bits per heavy atom. The lowest BCUT2D eigenvalue weighted by Gasteiger charge is -2.39. The van der Waals surface area contributed by atoms with Gasteiger partial charge in [-0.15, -0.1) is 0 Å². The number of piperidine rings is 3. The number of benzene rings is 2. The number of anilines is 5. The number of nitrogens with zero attached hydrogens (tertiary/aromatic N) is 6. The maximum absolute atomic E-state index is 13.5. The van der Waals surface area contributed by atoms with Gasteiger partial charge in [0.25, 0.3) is 0 Å². The van der Waals surface area contributed by atoms with Crippen molar-refractivity contribution in [3.63, 3.8) is 0 Å². The number of imide groups is 1. The Morgan fingerprint density at radius 1 is 0.814 bits per heavy atom. The Kier molecular flexibility index (Phi) is 13.0. The van der Waals surface area contributed by atoms with Crippen LogP contribution in [0.5, 0.6) is 0 Å². The minimum Gasteiger partial charge on any atom is -0.374 e. The van der Waals surface area contributed by atoms with E-state index in [-0.39, 0.29) is 36.0 Å². The number of halogens is 3. The standard InChI is InChI=1S/C42H49F3N10O4/c1-46-35-7-5-32(24-34(35)42(43,44)45)54-17-13-29(14-18-54)40(58)50-37-9-6-33(25-47-37)55-15-11-28(12-16-55)26-52-19-21-53(22-20-52)27-39(57)49-31-4-2-3-30(23-31)48-36-8-10-38(56)51-41(36)59/h2-7,9,23-25,28-29,36,48H,8,10-22,26-27H2,(H,49,57)(H,47,50,58)(H,51,56,59). The molecule has 0 spiro atoms. The average molecular weight is 815 g/mol. The Hall–Kier alpha value is -5.73. The number of carbonyl (C=O) groups is 4. The molecule has 0 bridgehead atoms. The molecule has 1 aromatic heterocycles. The highest BCUT2D eigenvalue weighted by molar-refractivity contribution is 6.01. The molecule has 312 valence electrons. The Balaban J connectivity index is 0.784. The summed E-state index contributed by atoms with van der Waals surface area (Å²) in [4.78, 5) is 65.8. The lowest BCUT2D eigenvalue weighted by atomic mass is 9.95. The van der Waals surface area contributed by atoms with E-state index in [1.807, 2.05) is 35.2 Å². The molecule has 3 aromatic rings. The molecule has 0 saturated carbocycles. The predicted molar refractivity (Wildman–Crippen MR) is 218 cm³/mol. The molecule has 14 nitrogen and oxygen atoms in total. The number of aromatic nitrogens is 1. The van der Waals surface area contributed by atoms with Crippen LogP contribution in [0, 0.1) is 18.4 Å². The molecule has 4 aliphatic heterocycles. The lowest BCUT2D eigenvalue weighted by molar-refractivity contribution is -0.137. The van der Waals surface area contributed by atoms with Crippen molar-refractivity contribution < 1.29 is 32.3 Å². The van der Waals surface area contributed by atoms with Gasteiger partial charge in [-0.25, -0.2) is 9.83 Å². The van der Waals surface area contributed by atoms with Crippen molar-refractivity contribution in [3.05, 3.63) is 77.8 Å². The molecule has 4 aliphatic rings. The maximum atomic E-state index is 13.5. The van der Waals surface area contributed by atoms with E-state index in [0.29, 0.717) is 67.7 Å². The summed E-state index contributed by atoms with van der Waals surface area (Å²) in [6.07, 6.45) is 0.965. The summed E-state index contributed by atoms with van der Waals surface area (Å²) in [5.74, 6) is -0.108. The van der Waals surface area contributed by atoms with Crippen LogP contribution in [0.3, 0.4) is 0 Å². The van der Waals surface area contributed by atoms with E-state index in [1.165, 1.54) is 12.1 Å². The fraction of sp³-hybridized carbons (Fsp3) is 0.476. The summed E-state index contributed by atoms with van der Waals surface area (Å²) in [7, 11) is 0. The first-order chi connectivity index (χ1) is 28.4. The molecular weight excluding hydrogens is 766 g/mol. The van der Waals surface area contributed by atoms with E-state index in [9.17, 15) is 32.3 Å². The van der Waals surface area contributed by atoms with Gasteiger partial charge in [0.05, 0.1) is 30.6 Å². The SMILES string of the molecule is [C-]#[N+]c1ccc(N2CCC(C(=O)Nc3ccc(N4CCC(CN5CCN(CC(=O)Nc6cccc(NC7CCC(=O)NC7=O)c6)CC5)CC4)cn3)CC2)cc1C(F)(F)F. The molecule has 4 N–H and O–H groups in total. The van der Waals surface area contributed by atoms with Crippen molar-refractivity contribution in [2.75, 3.05) is 91.2 Å². The summed E-state index contributed by atoms with van der Waals surface area (Å²) in [6.45, 7) is 14.5. The number of carbonyl (C=O) groups excluding carboxylic acids is 4. The first-order valence-corrected chi connectivity index (χ1v) is 20.2. The largest absolute Gasteiger partial charge is 0.407 e. The number of alkyl halides is 3. The number of piperazine rings is 1. The molecule has 4 amide bonds. The van der Waals surface area contributed by atoms with Gasteiger partial charge in [0.15, 0.2) is 5.69 Å². The molecular formula is C42H49F3N10O4. The lowest BCUT2D eigenvalue weighted by Crippen LogP contribution is -2.50. The van der Waals surface area contributed by atoms with E-state index in [2.05, 4.69) is 45.8 Å². The third-order valence-electron chi connectivity index (χ3n) is 11.7. The van der Waals surface area contributed by atoms with Gasteiger partial charge in [-0.05, 0) is 80.5 Å². The van der Waals surface area contributed by atoms with Crippen molar-refractivity contribution in [1.29, 1.82) is 0 Å². The summed E-state index contributed by atoms with van der Waals surface area (Å²) < 4.78 is 40.4. The summed E-state index contributed by atoms with van der Waals surface area (Å²) >= 11 is 0. The third-order valence-corrected chi connectivity index (χ3v) is 11.7. The van der Waals surface area contributed by atoms with Crippen molar-refractivity contribution in [2.45, 2.75) is 50.7 Å². The molecule has 2 aromatic carbocycles. The number of amides is 4. The monoisotopic (exact) mass is 814 g/mol. The van der Waals surface area contributed by atoms with Gasteiger partial charge >= 0.3 is 6.18 Å². The summed E-state index contributed by atoms with van der Waals surface area (Å²) in [5.41, 5.74) is 1.37. The minimum atomic E-state index is -4.61.